The van der Waals surface area contributed by atoms with Gasteiger partial charge in [-0.15, -0.1) is 0 Å². The maximum absolute atomic E-state index is 11.9. The molecule has 0 aliphatic carbocycles. The second kappa shape index (κ2) is 9.72. The van der Waals surface area contributed by atoms with Crippen molar-refractivity contribution in [3.63, 3.8) is 0 Å². The summed E-state index contributed by atoms with van der Waals surface area (Å²) in [5, 5.41) is 3.97. The van der Waals surface area contributed by atoms with Gasteiger partial charge in [-0.2, -0.15) is 5.10 Å². The van der Waals surface area contributed by atoms with E-state index >= 15 is 0 Å². The predicted octanol–water partition coefficient (Wildman–Crippen LogP) is 3.30. The summed E-state index contributed by atoms with van der Waals surface area (Å²) in [6, 6.07) is 20.3. The highest BCUT2D eigenvalue weighted by molar-refractivity contribution is 5.94. The second-order valence-electron chi connectivity index (χ2n) is 5.52. The summed E-state index contributed by atoms with van der Waals surface area (Å²) in [6.45, 7) is 0.874. The largest absolute Gasteiger partial charge is 0.490 e. The number of amides is 1. The minimum Gasteiger partial charge on any atom is -0.490 e. The molecule has 3 aromatic rings. The fraction of sp³-hybridized carbons (Fsp3) is 0.0952. The van der Waals surface area contributed by atoms with Gasteiger partial charge in [0.15, 0.2) is 0 Å². The number of para-hydroxylation sites is 1. The molecule has 0 saturated carbocycles. The van der Waals surface area contributed by atoms with Crippen LogP contribution in [0.25, 0.3) is 0 Å². The van der Waals surface area contributed by atoms with Gasteiger partial charge >= 0.3 is 0 Å². The van der Waals surface area contributed by atoms with E-state index in [4.69, 9.17) is 9.47 Å². The van der Waals surface area contributed by atoms with Crippen molar-refractivity contribution in [2.45, 2.75) is 0 Å². The quantitative estimate of drug-likeness (QED) is 0.380. The first-order chi connectivity index (χ1) is 13.3. The molecule has 1 amide bonds. The molecule has 1 N–H and O–H groups in total. The van der Waals surface area contributed by atoms with Crippen LogP contribution >= 0.6 is 0 Å². The third kappa shape index (κ3) is 5.97. The molecule has 0 atom stereocenters. The number of nitrogens with zero attached hydrogens (tertiary/aromatic N) is 2. The van der Waals surface area contributed by atoms with E-state index in [0.717, 1.165) is 11.3 Å². The van der Waals surface area contributed by atoms with Gasteiger partial charge in [0.05, 0.1) is 6.21 Å². The molecule has 136 valence electrons. The maximum Gasteiger partial charge on any atom is 0.271 e. The van der Waals surface area contributed by atoms with Crippen molar-refractivity contribution in [3.05, 3.63) is 90.3 Å². The molecular formula is C21H19N3O3. The number of nitrogens with one attached hydrogen (secondary N) is 1. The molecule has 3 rings (SSSR count). The predicted molar refractivity (Wildman–Crippen MR) is 103 cm³/mol. The van der Waals surface area contributed by atoms with E-state index in [2.05, 4.69) is 15.5 Å². The summed E-state index contributed by atoms with van der Waals surface area (Å²) in [4.78, 5) is 15.8. The molecule has 6 heteroatoms. The first kappa shape index (κ1) is 18.1. The Hall–Kier alpha value is -3.67. The highest BCUT2D eigenvalue weighted by atomic mass is 16.5. The topological polar surface area (TPSA) is 72.8 Å². The summed E-state index contributed by atoms with van der Waals surface area (Å²) >= 11 is 0. The van der Waals surface area contributed by atoms with Crippen molar-refractivity contribution in [3.8, 4) is 11.5 Å². The van der Waals surface area contributed by atoms with Crippen molar-refractivity contribution in [2.75, 3.05) is 13.2 Å². The van der Waals surface area contributed by atoms with Gasteiger partial charge in [0.1, 0.15) is 24.7 Å². The number of aromatic nitrogens is 1. The van der Waals surface area contributed by atoms with Gasteiger partial charge in [0, 0.05) is 18.0 Å². The third-order valence-corrected chi connectivity index (χ3v) is 3.54. The van der Waals surface area contributed by atoms with E-state index in [1.807, 2.05) is 54.6 Å². The number of pyridine rings is 1. The van der Waals surface area contributed by atoms with Crippen LogP contribution in [-0.4, -0.2) is 30.3 Å². The summed E-state index contributed by atoms with van der Waals surface area (Å²) in [5.74, 6) is 1.22. The smallest absolute Gasteiger partial charge is 0.271 e. The zero-order chi connectivity index (χ0) is 18.7. The molecule has 0 unspecified atom stereocenters. The molecule has 2 aromatic carbocycles. The second-order valence-corrected chi connectivity index (χ2v) is 5.52. The molecule has 27 heavy (non-hydrogen) atoms. The number of benzene rings is 2. The monoisotopic (exact) mass is 361 g/mol. The first-order valence-corrected chi connectivity index (χ1v) is 8.45. The van der Waals surface area contributed by atoms with E-state index in [-0.39, 0.29) is 5.91 Å². The Labute approximate surface area is 157 Å². The Morgan fingerprint density at radius 2 is 1.63 bits per heavy atom. The van der Waals surface area contributed by atoms with Gasteiger partial charge < -0.3 is 9.47 Å². The highest BCUT2D eigenvalue weighted by Gasteiger charge is 2.02. The lowest BCUT2D eigenvalue weighted by Gasteiger charge is -2.08. The molecule has 0 radical (unpaired) electrons. The number of carbonyl (C=O) groups excluding carboxylic acids is 1. The van der Waals surface area contributed by atoms with Gasteiger partial charge in [-0.25, -0.2) is 5.43 Å². The zero-order valence-corrected chi connectivity index (χ0v) is 14.6. The van der Waals surface area contributed by atoms with Gasteiger partial charge in [-0.3, -0.25) is 9.78 Å². The lowest BCUT2D eigenvalue weighted by atomic mass is 10.2. The molecule has 6 nitrogen and oxygen atoms in total. The van der Waals surface area contributed by atoms with Crippen LogP contribution in [0.3, 0.4) is 0 Å². The summed E-state index contributed by atoms with van der Waals surface area (Å²) in [7, 11) is 0. The van der Waals surface area contributed by atoms with Gasteiger partial charge in [-0.05, 0) is 42.0 Å². The summed E-state index contributed by atoms with van der Waals surface area (Å²) in [6.07, 6.45) is 4.67. The van der Waals surface area contributed by atoms with Gasteiger partial charge in [0.2, 0.25) is 0 Å². The van der Waals surface area contributed by atoms with E-state index < -0.39 is 0 Å². The molecule has 0 spiro atoms. The average Bonchev–Trinajstić information content (AvgIpc) is 2.73. The molecule has 0 bridgehead atoms. The van der Waals surface area contributed by atoms with Crippen LogP contribution in [0.4, 0.5) is 0 Å². The van der Waals surface area contributed by atoms with Crippen LogP contribution in [-0.2, 0) is 0 Å². The lowest BCUT2D eigenvalue weighted by molar-refractivity contribution is 0.0955. The molecule has 0 aliphatic heterocycles. The van der Waals surface area contributed by atoms with Crippen molar-refractivity contribution in [1.29, 1.82) is 0 Å². The molecular weight excluding hydrogens is 342 g/mol. The minimum atomic E-state index is -0.292. The normalized spacial score (nSPS) is 10.5. The number of ether oxygens (including phenoxy) is 2. The standard InChI is InChI=1S/C21H19N3O3/c25-21(18-9-11-22-12-10-18)24-23-16-17-5-4-8-20(15-17)27-14-13-26-19-6-2-1-3-7-19/h1-12,15-16H,13-14H2,(H,24,25)/b23-16-. The minimum absolute atomic E-state index is 0.292. The number of hydrazone groups is 1. The van der Waals surface area contributed by atoms with Crippen LogP contribution in [0.2, 0.25) is 0 Å². The zero-order valence-electron chi connectivity index (χ0n) is 14.6. The number of carbonyl (C=O) groups is 1. The number of rotatable bonds is 8. The first-order valence-electron chi connectivity index (χ1n) is 8.45. The summed E-state index contributed by atoms with van der Waals surface area (Å²) in [5.41, 5.74) is 3.79. The maximum atomic E-state index is 11.9. The van der Waals surface area contributed by atoms with Gasteiger partial charge in [0.25, 0.3) is 5.91 Å². The Kier molecular flexibility index (Phi) is 6.53. The molecule has 1 heterocycles. The van der Waals surface area contributed by atoms with E-state index in [0.29, 0.717) is 24.5 Å². The fourth-order valence-corrected chi connectivity index (χ4v) is 2.25. The molecule has 1 aromatic heterocycles. The summed E-state index contributed by atoms with van der Waals surface area (Å²) < 4.78 is 11.3. The van der Waals surface area contributed by atoms with Crippen LogP contribution < -0.4 is 14.9 Å². The Bertz CT molecular complexity index is 883. The fourth-order valence-electron chi connectivity index (χ4n) is 2.25. The number of hydrogen-bond acceptors (Lipinski definition) is 5. The third-order valence-electron chi connectivity index (χ3n) is 3.54. The number of hydrogen-bond donors (Lipinski definition) is 1. The molecule has 0 aliphatic rings. The van der Waals surface area contributed by atoms with Crippen molar-refractivity contribution in [2.24, 2.45) is 5.10 Å². The van der Waals surface area contributed by atoms with E-state index in [9.17, 15) is 4.79 Å². The van der Waals surface area contributed by atoms with Crippen molar-refractivity contribution in [1.82, 2.24) is 10.4 Å². The van der Waals surface area contributed by atoms with Gasteiger partial charge in [-0.1, -0.05) is 30.3 Å². The van der Waals surface area contributed by atoms with Crippen LogP contribution in [0, 0.1) is 0 Å². The highest BCUT2D eigenvalue weighted by Crippen LogP contribution is 2.13. The van der Waals surface area contributed by atoms with Crippen molar-refractivity contribution < 1.29 is 14.3 Å². The van der Waals surface area contributed by atoms with Crippen LogP contribution in [0.1, 0.15) is 15.9 Å². The Morgan fingerprint density at radius 1 is 0.926 bits per heavy atom. The van der Waals surface area contributed by atoms with Crippen molar-refractivity contribution >= 4 is 12.1 Å². The van der Waals surface area contributed by atoms with Crippen LogP contribution in [0.5, 0.6) is 11.5 Å². The lowest BCUT2D eigenvalue weighted by Crippen LogP contribution is -2.17. The Balaban J connectivity index is 1.46. The van der Waals surface area contributed by atoms with E-state index in [1.54, 1.807) is 30.7 Å². The van der Waals surface area contributed by atoms with E-state index in [1.165, 1.54) is 0 Å². The Morgan fingerprint density at radius 3 is 2.41 bits per heavy atom. The molecule has 0 saturated heterocycles. The average molecular weight is 361 g/mol. The SMILES string of the molecule is O=C(N/N=C\c1cccc(OCCOc2ccccc2)c1)c1ccncc1. The molecule has 0 fully saturated rings. The van der Waals surface area contributed by atoms with Crippen LogP contribution in [0.15, 0.2) is 84.2 Å².